The first kappa shape index (κ1) is 33.6. The van der Waals surface area contributed by atoms with Crippen LogP contribution in [0.4, 0.5) is 0 Å². The molecule has 0 N–H and O–H groups in total. The molecule has 8 rings (SSSR count). The molecular formula is C53H42. The molecule has 0 fully saturated rings. The molecule has 0 radical (unpaired) electrons. The van der Waals surface area contributed by atoms with E-state index in [9.17, 15) is 0 Å². The Labute approximate surface area is 313 Å². The summed E-state index contributed by atoms with van der Waals surface area (Å²) in [5.74, 6) is 0. The van der Waals surface area contributed by atoms with E-state index in [0.717, 1.165) is 17.6 Å². The summed E-state index contributed by atoms with van der Waals surface area (Å²) in [6.45, 7) is 12.4. The van der Waals surface area contributed by atoms with Crippen molar-refractivity contribution in [2.75, 3.05) is 0 Å². The zero-order valence-electron chi connectivity index (χ0n) is 30.4. The van der Waals surface area contributed by atoms with Gasteiger partial charge in [-0.15, -0.1) is 0 Å². The van der Waals surface area contributed by atoms with Crippen LogP contribution in [0.3, 0.4) is 0 Å². The van der Waals surface area contributed by atoms with Crippen LogP contribution in [0.25, 0.3) is 82.9 Å². The molecule has 8 aromatic rings. The molecule has 0 aliphatic rings. The predicted molar refractivity (Wildman–Crippen MR) is 232 cm³/mol. The van der Waals surface area contributed by atoms with Crippen LogP contribution < -0.4 is 0 Å². The van der Waals surface area contributed by atoms with E-state index >= 15 is 0 Å². The highest BCUT2D eigenvalue weighted by Crippen LogP contribution is 2.42. The Bertz CT molecular complexity index is 2740. The van der Waals surface area contributed by atoms with Gasteiger partial charge in [0.05, 0.1) is 0 Å². The van der Waals surface area contributed by atoms with Crippen LogP contribution in [0.1, 0.15) is 25.0 Å². The summed E-state index contributed by atoms with van der Waals surface area (Å²) in [6.07, 6.45) is 8.91. The first-order chi connectivity index (χ1) is 26.0. The molecular weight excluding hydrogens is 637 g/mol. The second-order valence-corrected chi connectivity index (χ2v) is 13.8. The van der Waals surface area contributed by atoms with Crippen molar-refractivity contribution in [1.29, 1.82) is 0 Å². The van der Waals surface area contributed by atoms with Crippen LogP contribution in [0.2, 0.25) is 0 Å². The van der Waals surface area contributed by atoms with Gasteiger partial charge in [-0.1, -0.05) is 190 Å². The Balaban J connectivity index is 1.19. The maximum Gasteiger partial charge on any atom is -0.00987 e. The van der Waals surface area contributed by atoms with E-state index in [1.54, 1.807) is 6.08 Å². The number of aryl methyl sites for hydroxylation is 1. The highest BCUT2D eigenvalue weighted by atomic mass is 14.2. The van der Waals surface area contributed by atoms with E-state index in [1.807, 2.05) is 12.2 Å². The van der Waals surface area contributed by atoms with Gasteiger partial charge in [0.25, 0.3) is 0 Å². The van der Waals surface area contributed by atoms with Crippen molar-refractivity contribution < 1.29 is 0 Å². The molecule has 0 amide bonds. The van der Waals surface area contributed by atoms with Crippen molar-refractivity contribution in [2.45, 2.75) is 20.3 Å². The van der Waals surface area contributed by atoms with E-state index in [-0.39, 0.29) is 0 Å². The second kappa shape index (κ2) is 14.6. The lowest BCUT2D eigenvalue weighted by Gasteiger charge is -2.17. The maximum atomic E-state index is 4.23. The molecule has 0 heteroatoms. The summed E-state index contributed by atoms with van der Waals surface area (Å²) >= 11 is 0. The first-order valence-corrected chi connectivity index (χ1v) is 18.5. The largest absolute Gasteiger partial charge is 0.0991 e. The van der Waals surface area contributed by atoms with Crippen LogP contribution in [-0.2, 0) is 6.42 Å². The zero-order chi connectivity index (χ0) is 36.3. The third-order valence-electron chi connectivity index (χ3n) is 10.5. The molecule has 0 bridgehead atoms. The van der Waals surface area contributed by atoms with Crippen molar-refractivity contribution in [3.8, 4) is 44.5 Å². The molecule has 0 spiro atoms. The number of hydrogen-bond donors (Lipinski definition) is 0. The van der Waals surface area contributed by atoms with Crippen molar-refractivity contribution in [1.82, 2.24) is 0 Å². The summed E-state index contributed by atoms with van der Waals surface area (Å²) in [5, 5.41) is 7.52. The summed E-state index contributed by atoms with van der Waals surface area (Å²) < 4.78 is 0. The third-order valence-corrected chi connectivity index (χ3v) is 10.5. The van der Waals surface area contributed by atoms with Crippen LogP contribution in [0.5, 0.6) is 0 Å². The average Bonchev–Trinajstić information content (AvgIpc) is 3.22. The Morgan fingerprint density at radius 3 is 1.58 bits per heavy atom. The van der Waals surface area contributed by atoms with Gasteiger partial charge in [-0.05, 0) is 125 Å². The highest BCUT2D eigenvalue weighted by Gasteiger charge is 2.15. The minimum atomic E-state index is 0.947. The first-order valence-electron chi connectivity index (χ1n) is 18.5. The molecule has 0 saturated carbocycles. The Kier molecular flexibility index (Phi) is 9.28. The van der Waals surface area contributed by atoms with E-state index in [2.05, 4.69) is 191 Å². The third kappa shape index (κ3) is 6.57. The number of rotatable bonds is 9. The monoisotopic (exact) mass is 678 g/mol. The lowest BCUT2D eigenvalue weighted by Crippen LogP contribution is -1.92. The Morgan fingerprint density at radius 1 is 0.509 bits per heavy atom. The van der Waals surface area contributed by atoms with E-state index in [0.29, 0.717) is 0 Å². The van der Waals surface area contributed by atoms with Crippen LogP contribution >= 0.6 is 0 Å². The highest BCUT2D eigenvalue weighted by molar-refractivity contribution is 6.12. The van der Waals surface area contributed by atoms with Gasteiger partial charge in [0.1, 0.15) is 0 Å². The lowest BCUT2D eigenvalue weighted by atomic mass is 9.87. The van der Waals surface area contributed by atoms with Gasteiger partial charge in [-0.2, -0.15) is 0 Å². The number of allylic oxidation sites excluding steroid dienone is 5. The Hall–Kier alpha value is -6.50. The van der Waals surface area contributed by atoms with Crippen molar-refractivity contribution in [3.63, 3.8) is 0 Å². The van der Waals surface area contributed by atoms with Crippen molar-refractivity contribution >= 4 is 38.4 Å². The maximum absolute atomic E-state index is 4.23. The molecule has 254 valence electrons. The van der Waals surface area contributed by atoms with E-state index in [1.165, 1.54) is 88.0 Å². The van der Waals surface area contributed by atoms with Crippen molar-refractivity contribution in [2.24, 2.45) is 0 Å². The van der Waals surface area contributed by atoms with Gasteiger partial charge < -0.3 is 0 Å². The lowest BCUT2D eigenvalue weighted by molar-refractivity contribution is 1.13. The molecule has 0 heterocycles. The molecule has 0 unspecified atom stereocenters. The fraction of sp³-hybridized carbons (Fsp3) is 0.0566. The molecule has 8 aromatic carbocycles. The number of hydrogen-bond acceptors (Lipinski definition) is 0. The molecule has 0 aliphatic heterocycles. The van der Waals surface area contributed by atoms with Crippen LogP contribution in [-0.4, -0.2) is 0 Å². The van der Waals surface area contributed by atoms with E-state index in [4.69, 9.17) is 0 Å². The second-order valence-electron chi connectivity index (χ2n) is 13.8. The van der Waals surface area contributed by atoms with Crippen molar-refractivity contribution in [3.05, 3.63) is 211 Å². The van der Waals surface area contributed by atoms with Gasteiger partial charge in [0, 0.05) is 0 Å². The Morgan fingerprint density at radius 2 is 1.00 bits per heavy atom. The van der Waals surface area contributed by atoms with Gasteiger partial charge in [-0.3, -0.25) is 0 Å². The number of fused-ring (bicyclic) bond motifs is 3. The van der Waals surface area contributed by atoms with Gasteiger partial charge in [0.15, 0.2) is 0 Å². The summed E-state index contributed by atoms with van der Waals surface area (Å²) in [5.41, 5.74) is 14.6. The van der Waals surface area contributed by atoms with Gasteiger partial charge in [-0.25, -0.2) is 0 Å². The summed E-state index contributed by atoms with van der Waals surface area (Å²) in [6, 6.07) is 58.1. The fourth-order valence-corrected chi connectivity index (χ4v) is 7.66. The normalized spacial score (nSPS) is 11.8. The molecule has 0 nitrogen and oxygen atoms in total. The topological polar surface area (TPSA) is 0 Å². The standard InChI is InChI=1S/C53H42/c1-5-7-15-36(3)37(4)32-40-24-26-44(33-38(40)6-2)46-28-30-52(50-20-13-11-18-48(46)50)53-31-29-47(49-19-12-14-21-51(49)53)45-27-25-42-34-41(22-23-43(42)35-45)39-16-9-8-10-17-39/h5,7-35H,1,3,6H2,2,4H3/b15-7-,37-32+. The fourth-order valence-electron chi connectivity index (χ4n) is 7.66. The molecule has 53 heavy (non-hydrogen) atoms. The smallest absolute Gasteiger partial charge is 0.00987 e. The molecule has 0 aliphatic carbocycles. The van der Waals surface area contributed by atoms with Crippen LogP contribution in [0.15, 0.2) is 200 Å². The van der Waals surface area contributed by atoms with Gasteiger partial charge >= 0.3 is 0 Å². The van der Waals surface area contributed by atoms with Gasteiger partial charge in [0.2, 0.25) is 0 Å². The molecule has 0 aromatic heterocycles. The minimum absolute atomic E-state index is 0.947. The quantitative estimate of drug-likeness (QED) is 0.133. The summed E-state index contributed by atoms with van der Waals surface area (Å²) in [7, 11) is 0. The molecule has 0 saturated heterocycles. The predicted octanol–water partition coefficient (Wildman–Crippen LogP) is 15.1. The minimum Gasteiger partial charge on any atom is -0.0991 e. The average molecular weight is 679 g/mol. The SMILES string of the molecule is C=C/C=C\C(=C)/C(C)=C/c1ccc(-c2ccc(-c3ccc(-c4ccc5cc(-c6ccccc6)ccc5c4)c4ccccc34)c3ccccc23)cc1CC. The summed E-state index contributed by atoms with van der Waals surface area (Å²) in [4.78, 5) is 0. The number of benzene rings is 8. The zero-order valence-corrected chi connectivity index (χ0v) is 30.4. The molecule has 0 atom stereocenters. The van der Waals surface area contributed by atoms with E-state index < -0.39 is 0 Å². The van der Waals surface area contributed by atoms with Crippen LogP contribution in [0, 0.1) is 0 Å².